The van der Waals surface area contributed by atoms with Gasteiger partial charge in [-0.3, -0.25) is 0 Å². The summed E-state index contributed by atoms with van der Waals surface area (Å²) in [6, 6.07) is 8.29. The topological polar surface area (TPSA) is 25.8 Å². The maximum Gasteiger partial charge on any atom is 0.213 e. The first-order chi connectivity index (χ1) is 7.24. The molecule has 0 saturated carbocycles. The number of hydrogen-bond donors (Lipinski definition) is 0. The zero-order chi connectivity index (χ0) is 10.7. The minimum Gasteiger partial charge on any atom is -0.244 e. The van der Waals surface area contributed by atoms with Gasteiger partial charge in [-0.1, -0.05) is 23.7 Å². The first kappa shape index (κ1) is 10.1. The normalized spacial score (nSPS) is 10.3. The Morgan fingerprint density at radius 1 is 1.20 bits per heavy atom. The van der Waals surface area contributed by atoms with Crippen molar-refractivity contribution in [3.05, 3.63) is 58.9 Å². The van der Waals surface area contributed by atoms with Gasteiger partial charge in [0.2, 0.25) is 5.95 Å². The van der Waals surface area contributed by atoms with Crippen LogP contribution in [0.25, 0.3) is 0 Å². The molecule has 0 saturated heterocycles. The second kappa shape index (κ2) is 4.36. The molecule has 0 N–H and O–H groups in total. The van der Waals surface area contributed by atoms with Gasteiger partial charge in [-0.15, -0.1) is 0 Å². The molecule has 0 unspecified atom stereocenters. The fourth-order valence-corrected chi connectivity index (χ4v) is 1.38. The smallest absolute Gasteiger partial charge is 0.213 e. The van der Waals surface area contributed by atoms with E-state index in [4.69, 9.17) is 11.6 Å². The molecule has 0 aliphatic rings. The van der Waals surface area contributed by atoms with Gasteiger partial charge in [0.1, 0.15) is 5.15 Å². The minimum atomic E-state index is -0.463. The third-order valence-corrected chi connectivity index (χ3v) is 2.17. The summed E-state index contributed by atoms with van der Waals surface area (Å²) < 4.78 is 12.8. The Morgan fingerprint density at radius 2 is 2.07 bits per heavy atom. The van der Waals surface area contributed by atoms with Crippen LogP contribution in [0.15, 0.2) is 36.5 Å². The highest BCUT2D eigenvalue weighted by Gasteiger charge is 1.99. The van der Waals surface area contributed by atoms with E-state index in [2.05, 4.69) is 9.97 Å². The van der Waals surface area contributed by atoms with Crippen molar-refractivity contribution in [1.82, 2.24) is 9.97 Å². The van der Waals surface area contributed by atoms with E-state index < -0.39 is 5.95 Å². The van der Waals surface area contributed by atoms with E-state index in [9.17, 15) is 4.39 Å². The number of aromatic nitrogens is 2. The van der Waals surface area contributed by atoms with Crippen LogP contribution in [0.1, 0.15) is 11.3 Å². The molecule has 2 rings (SSSR count). The predicted molar refractivity (Wildman–Crippen MR) is 56.2 cm³/mol. The van der Waals surface area contributed by atoms with Crippen LogP contribution >= 0.6 is 11.6 Å². The monoisotopic (exact) mass is 222 g/mol. The molecule has 0 aliphatic heterocycles. The molecule has 0 aliphatic carbocycles. The molecule has 0 aromatic carbocycles. The van der Waals surface area contributed by atoms with E-state index >= 15 is 0 Å². The van der Waals surface area contributed by atoms with E-state index in [0.717, 1.165) is 5.56 Å². The van der Waals surface area contributed by atoms with Crippen LogP contribution < -0.4 is 0 Å². The van der Waals surface area contributed by atoms with Gasteiger partial charge in [0.05, 0.1) is 0 Å². The van der Waals surface area contributed by atoms with E-state index in [0.29, 0.717) is 17.3 Å². The summed E-state index contributed by atoms with van der Waals surface area (Å²) in [5, 5.41) is 0.450. The Bertz CT molecular complexity index is 456. The molecule has 0 fully saturated rings. The van der Waals surface area contributed by atoms with Crippen molar-refractivity contribution in [3.63, 3.8) is 0 Å². The van der Waals surface area contributed by atoms with E-state index in [1.807, 2.05) is 6.07 Å². The summed E-state index contributed by atoms with van der Waals surface area (Å²) in [6.45, 7) is 0. The van der Waals surface area contributed by atoms with Crippen molar-refractivity contribution in [1.29, 1.82) is 0 Å². The standard InChI is InChI=1S/C11H8ClFN2/c12-10-5-4-8(7-14-10)6-9-2-1-3-11(13)15-9/h1-5,7H,6H2. The maximum atomic E-state index is 12.8. The summed E-state index contributed by atoms with van der Waals surface area (Å²) in [6.07, 6.45) is 2.22. The van der Waals surface area contributed by atoms with E-state index in [1.54, 1.807) is 24.4 Å². The Hall–Kier alpha value is -1.48. The molecule has 0 bridgehead atoms. The van der Waals surface area contributed by atoms with Crippen LogP contribution in [0.4, 0.5) is 4.39 Å². The summed E-state index contributed by atoms with van der Waals surface area (Å²) in [5.41, 5.74) is 1.64. The number of rotatable bonds is 2. The quantitative estimate of drug-likeness (QED) is 0.731. The van der Waals surface area contributed by atoms with Crippen molar-refractivity contribution in [3.8, 4) is 0 Å². The zero-order valence-corrected chi connectivity index (χ0v) is 8.58. The van der Waals surface area contributed by atoms with Gasteiger partial charge < -0.3 is 0 Å². The zero-order valence-electron chi connectivity index (χ0n) is 7.82. The average molecular weight is 223 g/mol. The first-order valence-electron chi connectivity index (χ1n) is 4.46. The lowest BCUT2D eigenvalue weighted by Gasteiger charge is -2.00. The highest BCUT2D eigenvalue weighted by molar-refractivity contribution is 6.29. The maximum absolute atomic E-state index is 12.8. The van der Waals surface area contributed by atoms with Gasteiger partial charge in [-0.2, -0.15) is 4.39 Å². The third kappa shape index (κ3) is 2.73. The van der Waals surface area contributed by atoms with Crippen molar-refractivity contribution in [2.75, 3.05) is 0 Å². The molecular formula is C11H8ClFN2. The Kier molecular flexibility index (Phi) is 2.92. The van der Waals surface area contributed by atoms with Gasteiger partial charge >= 0.3 is 0 Å². The van der Waals surface area contributed by atoms with Crippen LogP contribution in [-0.4, -0.2) is 9.97 Å². The molecular weight excluding hydrogens is 215 g/mol. The summed E-state index contributed by atoms with van der Waals surface area (Å²) >= 11 is 5.65. The van der Waals surface area contributed by atoms with Gasteiger partial charge in [-0.25, -0.2) is 9.97 Å². The SMILES string of the molecule is Fc1cccc(Cc2ccc(Cl)nc2)n1. The molecule has 0 amide bonds. The molecule has 2 aromatic rings. The average Bonchev–Trinajstić information content (AvgIpc) is 2.22. The summed E-state index contributed by atoms with van der Waals surface area (Å²) in [4.78, 5) is 7.71. The molecule has 0 radical (unpaired) electrons. The number of nitrogens with zero attached hydrogens (tertiary/aromatic N) is 2. The van der Waals surface area contributed by atoms with Gasteiger partial charge in [0.15, 0.2) is 0 Å². The lowest BCUT2D eigenvalue weighted by molar-refractivity contribution is 0.578. The number of hydrogen-bond acceptors (Lipinski definition) is 2. The number of halogens is 2. The number of pyridine rings is 2. The van der Waals surface area contributed by atoms with Crippen molar-refractivity contribution >= 4 is 11.6 Å². The first-order valence-corrected chi connectivity index (χ1v) is 4.84. The lowest BCUT2D eigenvalue weighted by Crippen LogP contribution is -1.94. The van der Waals surface area contributed by atoms with Crippen molar-refractivity contribution < 1.29 is 4.39 Å². The summed E-state index contributed by atoms with van der Waals surface area (Å²) in [5.74, 6) is -0.463. The fraction of sp³-hybridized carbons (Fsp3) is 0.0909. The van der Waals surface area contributed by atoms with Crippen LogP contribution in [-0.2, 0) is 6.42 Å². The van der Waals surface area contributed by atoms with Crippen LogP contribution in [0.5, 0.6) is 0 Å². The minimum absolute atomic E-state index is 0.450. The van der Waals surface area contributed by atoms with Crippen LogP contribution in [0.3, 0.4) is 0 Å². The fourth-order valence-electron chi connectivity index (χ4n) is 1.27. The van der Waals surface area contributed by atoms with Gasteiger partial charge in [-0.05, 0) is 23.8 Å². The molecule has 2 aromatic heterocycles. The Labute approximate surface area is 91.8 Å². The predicted octanol–water partition coefficient (Wildman–Crippen LogP) is 2.86. The highest BCUT2D eigenvalue weighted by atomic mass is 35.5. The van der Waals surface area contributed by atoms with Crippen molar-refractivity contribution in [2.24, 2.45) is 0 Å². The van der Waals surface area contributed by atoms with E-state index in [-0.39, 0.29) is 0 Å². The molecule has 15 heavy (non-hydrogen) atoms. The molecule has 0 atom stereocenters. The summed E-state index contributed by atoms with van der Waals surface area (Å²) in [7, 11) is 0. The lowest BCUT2D eigenvalue weighted by atomic mass is 10.1. The largest absolute Gasteiger partial charge is 0.244 e. The van der Waals surface area contributed by atoms with Gasteiger partial charge in [0, 0.05) is 18.3 Å². The Morgan fingerprint density at radius 3 is 2.73 bits per heavy atom. The molecule has 0 spiro atoms. The highest BCUT2D eigenvalue weighted by Crippen LogP contribution is 2.09. The van der Waals surface area contributed by atoms with Crippen LogP contribution in [0, 0.1) is 5.95 Å². The molecule has 2 heterocycles. The van der Waals surface area contributed by atoms with Crippen molar-refractivity contribution in [2.45, 2.75) is 6.42 Å². The van der Waals surface area contributed by atoms with Gasteiger partial charge in [0.25, 0.3) is 0 Å². The van der Waals surface area contributed by atoms with Crippen LogP contribution in [0.2, 0.25) is 5.15 Å². The second-order valence-corrected chi connectivity index (χ2v) is 3.50. The molecule has 4 heteroatoms. The molecule has 76 valence electrons. The molecule has 2 nitrogen and oxygen atoms in total. The second-order valence-electron chi connectivity index (χ2n) is 3.12. The van der Waals surface area contributed by atoms with E-state index in [1.165, 1.54) is 6.07 Å². The third-order valence-electron chi connectivity index (χ3n) is 1.95. The Balaban J connectivity index is 2.18.